The number of nitrogens with zero attached hydrogens (tertiary/aromatic N) is 1. The van der Waals surface area contributed by atoms with Crippen LogP contribution in [0.5, 0.6) is 0 Å². The lowest BCUT2D eigenvalue weighted by Gasteiger charge is -2.30. The fourth-order valence-corrected chi connectivity index (χ4v) is 2.00. The SMILES string of the molecule is OCCc1cc(F)c(F)cc1N1CCOCC1. The minimum absolute atomic E-state index is 0.0809. The van der Waals surface area contributed by atoms with Gasteiger partial charge in [0.1, 0.15) is 0 Å². The van der Waals surface area contributed by atoms with E-state index in [1.165, 1.54) is 6.07 Å². The van der Waals surface area contributed by atoms with Gasteiger partial charge >= 0.3 is 0 Å². The van der Waals surface area contributed by atoms with Crippen molar-refractivity contribution in [3.05, 3.63) is 29.3 Å². The number of rotatable bonds is 3. The summed E-state index contributed by atoms with van der Waals surface area (Å²) in [5.74, 6) is -1.72. The molecular weight excluding hydrogens is 228 g/mol. The molecule has 0 spiro atoms. The molecule has 1 saturated heterocycles. The Kier molecular flexibility index (Phi) is 3.91. The van der Waals surface area contributed by atoms with Crippen molar-refractivity contribution in [2.45, 2.75) is 6.42 Å². The summed E-state index contributed by atoms with van der Waals surface area (Å²) in [6.07, 6.45) is 0.323. The van der Waals surface area contributed by atoms with Crippen molar-refractivity contribution >= 4 is 5.69 Å². The normalized spacial score (nSPS) is 16.3. The van der Waals surface area contributed by atoms with Crippen molar-refractivity contribution in [1.82, 2.24) is 0 Å². The molecule has 1 aromatic rings. The van der Waals surface area contributed by atoms with Gasteiger partial charge in [-0.05, 0) is 18.1 Å². The Labute approximate surface area is 98.6 Å². The summed E-state index contributed by atoms with van der Waals surface area (Å²) in [6, 6.07) is 2.36. The van der Waals surface area contributed by atoms with Crippen LogP contribution in [0, 0.1) is 11.6 Å². The predicted molar refractivity (Wildman–Crippen MR) is 60.2 cm³/mol. The second-order valence-corrected chi connectivity index (χ2v) is 3.97. The zero-order valence-corrected chi connectivity index (χ0v) is 9.46. The van der Waals surface area contributed by atoms with Crippen LogP contribution in [0.4, 0.5) is 14.5 Å². The van der Waals surface area contributed by atoms with E-state index < -0.39 is 11.6 Å². The molecule has 17 heavy (non-hydrogen) atoms. The topological polar surface area (TPSA) is 32.7 Å². The molecule has 1 aromatic carbocycles. The van der Waals surface area contributed by atoms with E-state index in [0.717, 1.165) is 6.07 Å². The molecule has 1 aliphatic heterocycles. The van der Waals surface area contributed by atoms with Gasteiger partial charge in [0, 0.05) is 31.5 Å². The monoisotopic (exact) mass is 243 g/mol. The number of aliphatic hydroxyl groups is 1. The van der Waals surface area contributed by atoms with E-state index in [-0.39, 0.29) is 6.61 Å². The molecule has 1 heterocycles. The van der Waals surface area contributed by atoms with Crippen molar-refractivity contribution in [2.24, 2.45) is 0 Å². The highest BCUT2D eigenvalue weighted by Gasteiger charge is 2.17. The third-order valence-electron chi connectivity index (χ3n) is 2.85. The van der Waals surface area contributed by atoms with Gasteiger partial charge in [0.05, 0.1) is 13.2 Å². The maximum absolute atomic E-state index is 13.3. The van der Waals surface area contributed by atoms with E-state index in [9.17, 15) is 8.78 Å². The minimum atomic E-state index is -0.870. The van der Waals surface area contributed by atoms with Crippen molar-refractivity contribution in [3.8, 4) is 0 Å². The van der Waals surface area contributed by atoms with Crippen molar-refractivity contribution in [3.63, 3.8) is 0 Å². The number of hydrogen-bond acceptors (Lipinski definition) is 3. The summed E-state index contributed by atoms with van der Waals surface area (Å²) >= 11 is 0. The Morgan fingerprint density at radius 1 is 1.18 bits per heavy atom. The summed E-state index contributed by atoms with van der Waals surface area (Å²) in [4.78, 5) is 1.96. The molecule has 1 aliphatic rings. The van der Waals surface area contributed by atoms with Crippen LogP contribution < -0.4 is 4.90 Å². The molecule has 5 heteroatoms. The first-order chi connectivity index (χ1) is 8.22. The molecule has 0 atom stereocenters. The van der Waals surface area contributed by atoms with Crippen molar-refractivity contribution in [2.75, 3.05) is 37.8 Å². The van der Waals surface area contributed by atoms with Gasteiger partial charge in [-0.3, -0.25) is 0 Å². The number of morpholine rings is 1. The quantitative estimate of drug-likeness (QED) is 0.869. The summed E-state index contributed by atoms with van der Waals surface area (Å²) in [5.41, 5.74) is 1.29. The first-order valence-electron chi connectivity index (χ1n) is 5.64. The van der Waals surface area contributed by atoms with Gasteiger partial charge in [-0.25, -0.2) is 8.78 Å². The third-order valence-corrected chi connectivity index (χ3v) is 2.85. The van der Waals surface area contributed by atoms with Crippen LogP contribution in [-0.2, 0) is 11.2 Å². The zero-order chi connectivity index (χ0) is 12.3. The summed E-state index contributed by atoms with van der Waals surface area (Å²) in [5, 5.41) is 8.94. The second kappa shape index (κ2) is 5.42. The summed E-state index contributed by atoms with van der Waals surface area (Å²) in [7, 11) is 0. The molecule has 1 N–H and O–H groups in total. The maximum Gasteiger partial charge on any atom is 0.160 e. The molecule has 0 radical (unpaired) electrons. The number of anilines is 1. The number of hydrogen-bond donors (Lipinski definition) is 1. The number of aliphatic hydroxyl groups excluding tert-OH is 1. The van der Waals surface area contributed by atoms with Crippen LogP contribution in [0.3, 0.4) is 0 Å². The van der Waals surface area contributed by atoms with Crippen LogP contribution in [-0.4, -0.2) is 38.0 Å². The van der Waals surface area contributed by atoms with Gasteiger partial charge in [0.25, 0.3) is 0 Å². The molecule has 0 bridgehead atoms. The van der Waals surface area contributed by atoms with E-state index in [2.05, 4.69) is 0 Å². The van der Waals surface area contributed by atoms with E-state index >= 15 is 0 Å². The molecule has 0 saturated carbocycles. The Balaban J connectivity index is 2.32. The lowest BCUT2D eigenvalue weighted by molar-refractivity contribution is 0.122. The highest BCUT2D eigenvalue weighted by Crippen LogP contribution is 2.25. The highest BCUT2D eigenvalue weighted by molar-refractivity contribution is 5.54. The third kappa shape index (κ3) is 2.73. The van der Waals surface area contributed by atoms with Crippen LogP contribution in [0.1, 0.15) is 5.56 Å². The number of halogens is 2. The molecule has 3 nitrogen and oxygen atoms in total. The largest absolute Gasteiger partial charge is 0.396 e. The molecule has 1 fully saturated rings. The van der Waals surface area contributed by atoms with Gasteiger partial charge in [-0.15, -0.1) is 0 Å². The minimum Gasteiger partial charge on any atom is -0.396 e. The molecular formula is C12H15F2NO2. The average molecular weight is 243 g/mol. The Morgan fingerprint density at radius 2 is 1.82 bits per heavy atom. The first-order valence-corrected chi connectivity index (χ1v) is 5.64. The van der Waals surface area contributed by atoms with Crippen molar-refractivity contribution in [1.29, 1.82) is 0 Å². The number of ether oxygens (including phenoxy) is 1. The second-order valence-electron chi connectivity index (χ2n) is 3.97. The first kappa shape index (κ1) is 12.3. The van der Waals surface area contributed by atoms with Gasteiger partial charge in [0.15, 0.2) is 11.6 Å². The number of benzene rings is 1. The van der Waals surface area contributed by atoms with Crippen LogP contribution in [0.2, 0.25) is 0 Å². The van der Waals surface area contributed by atoms with E-state index in [0.29, 0.717) is 44.0 Å². The van der Waals surface area contributed by atoms with Gasteiger partial charge in [-0.1, -0.05) is 0 Å². The highest BCUT2D eigenvalue weighted by atomic mass is 19.2. The summed E-state index contributed by atoms with van der Waals surface area (Å²) in [6.45, 7) is 2.39. The van der Waals surface area contributed by atoms with Gasteiger partial charge in [0.2, 0.25) is 0 Å². The fraction of sp³-hybridized carbons (Fsp3) is 0.500. The molecule has 0 aliphatic carbocycles. The Morgan fingerprint density at radius 3 is 2.47 bits per heavy atom. The zero-order valence-electron chi connectivity index (χ0n) is 9.46. The lowest BCUT2D eigenvalue weighted by Crippen LogP contribution is -2.37. The molecule has 94 valence electrons. The van der Waals surface area contributed by atoms with Gasteiger partial charge in [-0.2, -0.15) is 0 Å². The molecule has 0 unspecified atom stereocenters. The predicted octanol–water partition coefficient (Wildman–Crippen LogP) is 1.34. The van der Waals surface area contributed by atoms with Crippen LogP contribution >= 0.6 is 0 Å². The Hall–Kier alpha value is -1.20. The smallest absolute Gasteiger partial charge is 0.160 e. The van der Waals surface area contributed by atoms with E-state index in [1.807, 2.05) is 4.90 Å². The fourth-order valence-electron chi connectivity index (χ4n) is 2.00. The van der Waals surface area contributed by atoms with Crippen molar-refractivity contribution < 1.29 is 18.6 Å². The molecule has 0 aromatic heterocycles. The Bertz CT molecular complexity index is 392. The maximum atomic E-state index is 13.3. The van der Waals surface area contributed by atoms with E-state index in [4.69, 9.17) is 9.84 Å². The summed E-state index contributed by atoms with van der Waals surface area (Å²) < 4.78 is 31.6. The molecule has 0 amide bonds. The standard InChI is InChI=1S/C12H15F2NO2/c13-10-7-9(1-4-16)12(8-11(10)14)15-2-5-17-6-3-15/h7-8,16H,1-6H2. The molecule has 2 rings (SSSR count). The van der Waals surface area contributed by atoms with Gasteiger partial charge < -0.3 is 14.7 Å². The van der Waals surface area contributed by atoms with Crippen LogP contribution in [0.25, 0.3) is 0 Å². The average Bonchev–Trinajstić information content (AvgIpc) is 2.35. The van der Waals surface area contributed by atoms with Crippen LogP contribution in [0.15, 0.2) is 12.1 Å². The lowest BCUT2D eigenvalue weighted by atomic mass is 10.1. The van der Waals surface area contributed by atoms with E-state index in [1.54, 1.807) is 0 Å².